The normalized spacial score (nSPS) is 12.5. The van der Waals surface area contributed by atoms with Gasteiger partial charge < -0.3 is 5.32 Å². The fourth-order valence-electron chi connectivity index (χ4n) is 2.64. The minimum Gasteiger partial charge on any atom is -0.309 e. The molecule has 0 spiro atoms. The fraction of sp³-hybridized carbons (Fsp3) is 0.167. The third-order valence-electron chi connectivity index (χ3n) is 3.77. The first-order valence-corrected chi connectivity index (χ1v) is 6.97. The summed E-state index contributed by atoms with van der Waals surface area (Å²) in [6, 6.07) is 15.5. The number of benzene rings is 2. The molecule has 1 atom stereocenters. The van der Waals surface area contributed by atoms with Crippen LogP contribution in [0.2, 0.25) is 0 Å². The number of aryl methyl sites for hydroxylation is 1. The molecule has 1 heterocycles. The largest absolute Gasteiger partial charge is 0.309 e. The van der Waals surface area contributed by atoms with Crippen LogP contribution in [-0.2, 0) is 0 Å². The van der Waals surface area contributed by atoms with E-state index in [2.05, 4.69) is 28.5 Å². The maximum absolute atomic E-state index is 13.4. The Bertz CT molecular complexity index is 783. The van der Waals surface area contributed by atoms with Gasteiger partial charge in [0.15, 0.2) is 0 Å². The Morgan fingerprint density at radius 3 is 2.57 bits per heavy atom. The quantitative estimate of drug-likeness (QED) is 0.784. The van der Waals surface area contributed by atoms with Gasteiger partial charge in [-0.25, -0.2) is 4.39 Å². The number of hydrogen-bond donors (Lipinski definition) is 1. The lowest BCUT2D eigenvalue weighted by molar-refractivity contribution is 0.614. The van der Waals surface area contributed by atoms with Gasteiger partial charge >= 0.3 is 0 Å². The summed E-state index contributed by atoms with van der Waals surface area (Å²) in [4.78, 5) is 4.40. The molecule has 0 saturated heterocycles. The van der Waals surface area contributed by atoms with Crippen LogP contribution in [0, 0.1) is 12.7 Å². The number of fused-ring (bicyclic) bond motifs is 1. The molecule has 1 unspecified atom stereocenters. The summed E-state index contributed by atoms with van der Waals surface area (Å²) in [6.07, 6.45) is 1.79. The second kappa shape index (κ2) is 5.62. The monoisotopic (exact) mass is 280 g/mol. The van der Waals surface area contributed by atoms with Gasteiger partial charge in [-0.15, -0.1) is 0 Å². The van der Waals surface area contributed by atoms with Crippen LogP contribution in [0.1, 0.15) is 22.7 Å². The Hall–Kier alpha value is -2.26. The molecular formula is C18H17FN2. The number of nitrogens with zero attached hydrogens (tertiary/aromatic N) is 1. The standard InChI is InChI=1S/C18H17FN2/c1-12-10-14(7-8-16(12)19)18(20-2)15-6-5-13-4-3-9-21-17(13)11-15/h3-11,18,20H,1-2H3. The predicted molar refractivity (Wildman–Crippen MR) is 83.8 cm³/mol. The molecule has 0 saturated carbocycles. The van der Waals surface area contributed by atoms with E-state index in [0.717, 1.165) is 22.0 Å². The van der Waals surface area contributed by atoms with Crippen molar-refractivity contribution in [2.24, 2.45) is 0 Å². The van der Waals surface area contributed by atoms with Gasteiger partial charge in [0.25, 0.3) is 0 Å². The van der Waals surface area contributed by atoms with Gasteiger partial charge in [-0.3, -0.25) is 4.98 Å². The van der Waals surface area contributed by atoms with E-state index in [1.54, 1.807) is 13.1 Å². The number of hydrogen-bond acceptors (Lipinski definition) is 2. The molecule has 3 heteroatoms. The van der Waals surface area contributed by atoms with Crippen molar-refractivity contribution in [2.45, 2.75) is 13.0 Å². The van der Waals surface area contributed by atoms with E-state index in [0.29, 0.717) is 5.56 Å². The summed E-state index contributed by atoms with van der Waals surface area (Å²) >= 11 is 0. The van der Waals surface area contributed by atoms with Crippen molar-refractivity contribution in [1.29, 1.82) is 0 Å². The second-order valence-electron chi connectivity index (χ2n) is 5.19. The molecule has 0 amide bonds. The molecule has 1 aromatic heterocycles. The van der Waals surface area contributed by atoms with Gasteiger partial charge in [0, 0.05) is 11.6 Å². The van der Waals surface area contributed by atoms with E-state index in [4.69, 9.17) is 0 Å². The first-order valence-electron chi connectivity index (χ1n) is 6.97. The van der Waals surface area contributed by atoms with Crippen molar-refractivity contribution in [3.8, 4) is 0 Å². The molecule has 2 nitrogen and oxygen atoms in total. The van der Waals surface area contributed by atoms with E-state index >= 15 is 0 Å². The van der Waals surface area contributed by atoms with Gasteiger partial charge in [-0.1, -0.05) is 30.3 Å². The molecule has 3 aromatic rings. The number of pyridine rings is 1. The second-order valence-corrected chi connectivity index (χ2v) is 5.19. The molecule has 0 aliphatic rings. The Labute approximate surface area is 123 Å². The highest BCUT2D eigenvalue weighted by atomic mass is 19.1. The van der Waals surface area contributed by atoms with Crippen LogP contribution in [0.3, 0.4) is 0 Å². The molecular weight excluding hydrogens is 263 g/mol. The topological polar surface area (TPSA) is 24.9 Å². The highest BCUT2D eigenvalue weighted by Crippen LogP contribution is 2.25. The van der Waals surface area contributed by atoms with Crippen molar-refractivity contribution in [2.75, 3.05) is 7.05 Å². The van der Waals surface area contributed by atoms with E-state index in [-0.39, 0.29) is 11.9 Å². The number of nitrogens with one attached hydrogen (secondary N) is 1. The molecule has 0 aliphatic heterocycles. The molecule has 0 fully saturated rings. The molecule has 21 heavy (non-hydrogen) atoms. The summed E-state index contributed by atoms with van der Waals surface area (Å²) in [5.74, 6) is -0.172. The lowest BCUT2D eigenvalue weighted by Crippen LogP contribution is -2.17. The van der Waals surface area contributed by atoms with E-state index in [1.807, 2.05) is 31.3 Å². The van der Waals surface area contributed by atoms with Crippen LogP contribution in [-0.4, -0.2) is 12.0 Å². The Morgan fingerprint density at radius 1 is 1.05 bits per heavy atom. The lowest BCUT2D eigenvalue weighted by Gasteiger charge is -2.18. The zero-order chi connectivity index (χ0) is 14.8. The molecule has 1 N–H and O–H groups in total. The van der Waals surface area contributed by atoms with Crippen molar-refractivity contribution in [1.82, 2.24) is 10.3 Å². The smallest absolute Gasteiger partial charge is 0.126 e. The Balaban J connectivity index is 2.06. The predicted octanol–water partition coefficient (Wildman–Crippen LogP) is 3.99. The molecule has 0 bridgehead atoms. The summed E-state index contributed by atoms with van der Waals surface area (Å²) in [6.45, 7) is 1.79. The van der Waals surface area contributed by atoms with Gasteiger partial charge in [-0.2, -0.15) is 0 Å². The average Bonchev–Trinajstić information content (AvgIpc) is 2.51. The fourth-order valence-corrected chi connectivity index (χ4v) is 2.64. The minimum absolute atomic E-state index is 0.0238. The van der Waals surface area contributed by atoms with Crippen molar-refractivity contribution in [3.63, 3.8) is 0 Å². The molecule has 2 aromatic carbocycles. The van der Waals surface area contributed by atoms with Crippen LogP contribution >= 0.6 is 0 Å². The highest BCUT2D eigenvalue weighted by molar-refractivity contribution is 5.79. The first-order chi connectivity index (χ1) is 10.2. The number of rotatable bonds is 3. The van der Waals surface area contributed by atoms with Gasteiger partial charge in [0.2, 0.25) is 0 Å². The number of aromatic nitrogens is 1. The van der Waals surface area contributed by atoms with Crippen molar-refractivity contribution >= 4 is 10.9 Å². The van der Waals surface area contributed by atoms with Gasteiger partial charge in [0.05, 0.1) is 11.6 Å². The van der Waals surface area contributed by atoms with Crippen molar-refractivity contribution in [3.05, 3.63) is 77.2 Å². The molecule has 0 aliphatic carbocycles. The maximum Gasteiger partial charge on any atom is 0.126 e. The summed E-state index contributed by atoms with van der Waals surface area (Å²) in [5, 5.41) is 4.41. The first kappa shape index (κ1) is 13.7. The molecule has 0 radical (unpaired) electrons. The Morgan fingerprint density at radius 2 is 1.81 bits per heavy atom. The lowest BCUT2D eigenvalue weighted by atomic mass is 9.96. The summed E-state index contributed by atoms with van der Waals surface area (Å²) in [7, 11) is 1.91. The van der Waals surface area contributed by atoms with Gasteiger partial charge in [0.1, 0.15) is 5.82 Å². The zero-order valence-electron chi connectivity index (χ0n) is 12.1. The van der Waals surface area contributed by atoms with E-state index in [1.165, 1.54) is 6.07 Å². The van der Waals surface area contributed by atoms with E-state index < -0.39 is 0 Å². The van der Waals surface area contributed by atoms with Crippen LogP contribution in [0.15, 0.2) is 54.7 Å². The Kier molecular flexibility index (Phi) is 3.67. The van der Waals surface area contributed by atoms with Crippen LogP contribution < -0.4 is 5.32 Å². The highest BCUT2D eigenvalue weighted by Gasteiger charge is 2.13. The summed E-state index contributed by atoms with van der Waals surface area (Å²) < 4.78 is 13.4. The average molecular weight is 280 g/mol. The van der Waals surface area contributed by atoms with Crippen LogP contribution in [0.5, 0.6) is 0 Å². The third-order valence-corrected chi connectivity index (χ3v) is 3.77. The van der Waals surface area contributed by atoms with Crippen LogP contribution in [0.25, 0.3) is 10.9 Å². The number of halogens is 1. The van der Waals surface area contributed by atoms with E-state index in [9.17, 15) is 4.39 Å². The molecule has 3 rings (SSSR count). The van der Waals surface area contributed by atoms with Crippen molar-refractivity contribution < 1.29 is 4.39 Å². The van der Waals surface area contributed by atoms with Gasteiger partial charge in [-0.05, 0) is 48.9 Å². The maximum atomic E-state index is 13.4. The minimum atomic E-state index is -0.172. The third kappa shape index (κ3) is 2.65. The van der Waals surface area contributed by atoms with Crippen LogP contribution in [0.4, 0.5) is 4.39 Å². The SMILES string of the molecule is CNC(c1ccc(F)c(C)c1)c1ccc2cccnc2c1. The zero-order valence-corrected chi connectivity index (χ0v) is 12.1. The molecule has 106 valence electrons. The summed E-state index contributed by atoms with van der Waals surface area (Å²) in [5.41, 5.74) is 3.79.